The van der Waals surface area contributed by atoms with Gasteiger partial charge in [-0.3, -0.25) is 9.78 Å². The average Bonchev–Trinajstić information content (AvgIpc) is 2.67. The summed E-state index contributed by atoms with van der Waals surface area (Å²) in [5, 5.41) is 0.642. The molecule has 3 aromatic rings. The molecule has 26 heavy (non-hydrogen) atoms. The van der Waals surface area contributed by atoms with Crippen molar-refractivity contribution in [2.45, 2.75) is 19.8 Å². The van der Waals surface area contributed by atoms with Crippen LogP contribution in [0.25, 0.3) is 11.1 Å². The first-order valence-electron chi connectivity index (χ1n) is 8.54. The predicted octanol–water partition coefficient (Wildman–Crippen LogP) is 5.80. The Labute approximate surface area is 159 Å². The van der Waals surface area contributed by atoms with Gasteiger partial charge in [0.25, 0.3) is 5.91 Å². The Balaban J connectivity index is 1.86. The van der Waals surface area contributed by atoms with Gasteiger partial charge in [-0.2, -0.15) is 0 Å². The smallest absolute Gasteiger partial charge is 0.259 e. The maximum absolute atomic E-state index is 12.8. The molecule has 0 aliphatic heterocycles. The van der Waals surface area contributed by atoms with Gasteiger partial charge in [-0.05, 0) is 47.4 Å². The Morgan fingerprint density at radius 1 is 0.962 bits per heavy atom. The number of hydrogen-bond donors (Lipinski definition) is 0. The van der Waals surface area contributed by atoms with Crippen LogP contribution in [-0.2, 0) is 0 Å². The van der Waals surface area contributed by atoms with E-state index >= 15 is 0 Å². The fraction of sp³-hybridized carbons (Fsp3) is 0.182. The Bertz CT molecular complexity index is 902. The highest BCUT2D eigenvalue weighted by atomic mass is 35.5. The van der Waals surface area contributed by atoms with Crippen LogP contribution >= 0.6 is 11.6 Å². The third-order valence-corrected chi connectivity index (χ3v) is 4.67. The lowest BCUT2D eigenvalue weighted by molar-refractivity contribution is 0.0992. The molecule has 1 amide bonds. The number of halogens is 1. The van der Waals surface area contributed by atoms with Crippen molar-refractivity contribution in [3.05, 3.63) is 83.1 Å². The van der Waals surface area contributed by atoms with Crippen LogP contribution in [-0.4, -0.2) is 17.9 Å². The van der Waals surface area contributed by atoms with Gasteiger partial charge in [-0.25, -0.2) is 0 Å². The van der Waals surface area contributed by atoms with Crippen molar-refractivity contribution in [2.24, 2.45) is 0 Å². The highest BCUT2D eigenvalue weighted by molar-refractivity contribution is 6.30. The largest absolute Gasteiger partial charge is 0.311 e. The van der Waals surface area contributed by atoms with E-state index in [0.717, 1.165) is 16.8 Å². The van der Waals surface area contributed by atoms with E-state index in [4.69, 9.17) is 11.6 Å². The van der Waals surface area contributed by atoms with E-state index in [1.54, 1.807) is 36.5 Å². The lowest BCUT2D eigenvalue weighted by Crippen LogP contribution is -2.26. The molecule has 1 aromatic heterocycles. The molecule has 0 saturated heterocycles. The predicted molar refractivity (Wildman–Crippen MR) is 108 cm³/mol. The fourth-order valence-corrected chi connectivity index (χ4v) is 2.88. The van der Waals surface area contributed by atoms with Crippen molar-refractivity contribution >= 4 is 23.2 Å². The van der Waals surface area contributed by atoms with Crippen LogP contribution in [0.5, 0.6) is 0 Å². The molecule has 0 unspecified atom stereocenters. The van der Waals surface area contributed by atoms with Crippen LogP contribution in [0.1, 0.15) is 35.7 Å². The molecule has 0 fully saturated rings. The zero-order chi connectivity index (χ0) is 18.7. The van der Waals surface area contributed by atoms with E-state index in [0.29, 0.717) is 16.5 Å². The minimum atomic E-state index is -0.111. The maximum Gasteiger partial charge on any atom is 0.259 e. The van der Waals surface area contributed by atoms with Gasteiger partial charge in [0, 0.05) is 35.7 Å². The summed E-state index contributed by atoms with van der Waals surface area (Å²) in [6.45, 7) is 4.34. The first-order valence-corrected chi connectivity index (χ1v) is 8.92. The number of benzene rings is 2. The quantitative estimate of drug-likeness (QED) is 0.586. The number of anilines is 1. The Morgan fingerprint density at radius 2 is 1.62 bits per heavy atom. The van der Waals surface area contributed by atoms with Crippen LogP contribution in [0.3, 0.4) is 0 Å². The molecule has 2 aromatic carbocycles. The highest BCUT2D eigenvalue weighted by Crippen LogP contribution is 2.24. The molecule has 3 rings (SSSR count). The van der Waals surface area contributed by atoms with Crippen molar-refractivity contribution in [3.8, 4) is 11.1 Å². The van der Waals surface area contributed by atoms with Crippen LogP contribution < -0.4 is 4.90 Å². The molecule has 0 spiro atoms. The summed E-state index contributed by atoms with van der Waals surface area (Å²) in [6.07, 6.45) is 3.38. The van der Waals surface area contributed by atoms with E-state index in [9.17, 15) is 4.79 Å². The molecule has 132 valence electrons. The SMILES string of the molecule is CC(C)c1ccc(-c2cncc(C(=O)N(C)c3ccc(Cl)cc3)c2)cc1. The first-order chi connectivity index (χ1) is 12.5. The normalized spacial score (nSPS) is 10.8. The average molecular weight is 365 g/mol. The third-order valence-electron chi connectivity index (χ3n) is 4.41. The molecule has 4 heteroatoms. The second-order valence-corrected chi connectivity index (χ2v) is 7.02. The third kappa shape index (κ3) is 3.94. The van der Waals surface area contributed by atoms with E-state index in [1.165, 1.54) is 5.56 Å². The highest BCUT2D eigenvalue weighted by Gasteiger charge is 2.15. The van der Waals surface area contributed by atoms with Crippen molar-refractivity contribution < 1.29 is 4.79 Å². The summed E-state index contributed by atoms with van der Waals surface area (Å²) < 4.78 is 0. The number of nitrogens with zero attached hydrogens (tertiary/aromatic N) is 2. The van der Waals surface area contributed by atoms with E-state index in [2.05, 4.69) is 43.1 Å². The molecule has 3 nitrogen and oxygen atoms in total. The standard InChI is InChI=1S/C22H21ClN2O/c1-15(2)16-4-6-17(7-5-16)18-12-19(14-24-13-18)22(26)25(3)21-10-8-20(23)9-11-21/h4-15H,1-3H3. The summed E-state index contributed by atoms with van der Waals surface area (Å²) in [7, 11) is 1.75. The Hall–Kier alpha value is -2.65. The number of aromatic nitrogens is 1. The Morgan fingerprint density at radius 3 is 2.23 bits per heavy atom. The number of carbonyl (C=O) groups excluding carboxylic acids is 1. The second-order valence-electron chi connectivity index (χ2n) is 6.58. The lowest BCUT2D eigenvalue weighted by atomic mass is 9.99. The summed E-state index contributed by atoms with van der Waals surface area (Å²) in [4.78, 5) is 18.7. The Kier molecular flexibility index (Phi) is 5.38. The number of pyridine rings is 1. The maximum atomic E-state index is 12.8. The van der Waals surface area contributed by atoms with E-state index < -0.39 is 0 Å². The lowest BCUT2D eigenvalue weighted by Gasteiger charge is -2.17. The van der Waals surface area contributed by atoms with Crippen LogP contribution in [0.15, 0.2) is 67.0 Å². The summed E-state index contributed by atoms with van der Waals surface area (Å²) in [6, 6.07) is 17.4. The summed E-state index contributed by atoms with van der Waals surface area (Å²) >= 11 is 5.92. The van der Waals surface area contributed by atoms with Gasteiger partial charge in [-0.15, -0.1) is 0 Å². The molecular weight excluding hydrogens is 344 g/mol. The van der Waals surface area contributed by atoms with Crippen molar-refractivity contribution in [2.75, 3.05) is 11.9 Å². The van der Waals surface area contributed by atoms with E-state index in [-0.39, 0.29) is 5.91 Å². The van der Waals surface area contributed by atoms with Crippen molar-refractivity contribution in [1.29, 1.82) is 0 Å². The van der Waals surface area contributed by atoms with Gasteiger partial charge in [0.1, 0.15) is 0 Å². The minimum absolute atomic E-state index is 0.111. The van der Waals surface area contributed by atoms with Gasteiger partial charge in [0.15, 0.2) is 0 Å². The van der Waals surface area contributed by atoms with Crippen LogP contribution in [0.2, 0.25) is 5.02 Å². The van der Waals surface area contributed by atoms with Crippen molar-refractivity contribution in [3.63, 3.8) is 0 Å². The molecule has 0 aliphatic carbocycles. The molecule has 0 atom stereocenters. The zero-order valence-corrected chi connectivity index (χ0v) is 15.9. The monoisotopic (exact) mass is 364 g/mol. The number of hydrogen-bond acceptors (Lipinski definition) is 2. The first kappa shape index (κ1) is 18.2. The number of carbonyl (C=O) groups is 1. The molecule has 0 N–H and O–H groups in total. The molecule has 0 aliphatic rings. The van der Waals surface area contributed by atoms with Gasteiger partial charge < -0.3 is 4.90 Å². The number of rotatable bonds is 4. The fourth-order valence-electron chi connectivity index (χ4n) is 2.75. The van der Waals surface area contributed by atoms with Gasteiger partial charge in [-0.1, -0.05) is 49.7 Å². The van der Waals surface area contributed by atoms with E-state index in [1.807, 2.05) is 18.2 Å². The number of amides is 1. The van der Waals surface area contributed by atoms with Gasteiger partial charge in [0.2, 0.25) is 0 Å². The molecule has 0 radical (unpaired) electrons. The zero-order valence-electron chi connectivity index (χ0n) is 15.1. The molecule has 0 saturated carbocycles. The molecule has 1 heterocycles. The second kappa shape index (κ2) is 7.71. The van der Waals surface area contributed by atoms with Gasteiger partial charge >= 0.3 is 0 Å². The van der Waals surface area contributed by atoms with Gasteiger partial charge in [0.05, 0.1) is 5.56 Å². The summed E-state index contributed by atoms with van der Waals surface area (Å²) in [5.74, 6) is 0.378. The van der Waals surface area contributed by atoms with Crippen LogP contribution in [0.4, 0.5) is 5.69 Å². The molecular formula is C22H21ClN2O. The minimum Gasteiger partial charge on any atom is -0.311 e. The van der Waals surface area contributed by atoms with Crippen LogP contribution in [0, 0.1) is 0 Å². The topological polar surface area (TPSA) is 33.2 Å². The molecule has 0 bridgehead atoms. The summed E-state index contributed by atoms with van der Waals surface area (Å²) in [5.41, 5.74) is 4.59. The van der Waals surface area contributed by atoms with Crippen molar-refractivity contribution in [1.82, 2.24) is 4.98 Å².